The van der Waals surface area contributed by atoms with Crippen LogP contribution in [0.3, 0.4) is 0 Å². The van der Waals surface area contributed by atoms with Gasteiger partial charge < -0.3 is 15.0 Å². The lowest BCUT2D eigenvalue weighted by Gasteiger charge is -2.25. The SMILES string of the molecule is COc1cccc(NC(=O)N(CCCCC2CCCCC2)CCc2ccc(SC(C)(C)C)cc2)c1. The smallest absolute Gasteiger partial charge is 0.321 e. The van der Waals surface area contributed by atoms with Gasteiger partial charge in [-0.1, -0.05) is 83.9 Å². The van der Waals surface area contributed by atoms with Crippen molar-refractivity contribution in [1.29, 1.82) is 0 Å². The van der Waals surface area contributed by atoms with Gasteiger partial charge in [0.2, 0.25) is 0 Å². The van der Waals surface area contributed by atoms with Crippen LogP contribution < -0.4 is 10.1 Å². The van der Waals surface area contributed by atoms with Crippen molar-refractivity contribution < 1.29 is 9.53 Å². The number of unbranched alkanes of at least 4 members (excludes halogenated alkanes) is 1. The van der Waals surface area contributed by atoms with E-state index in [4.69, 9.17) is 4.74 Å². The van der Waals surface area contributed by atoms with Crippen LogP contribution in [-0.4, -0.2) is 35.9 Å². The number of nitrogens with zero attached hydrogens (tertiary/aromatic N) is 1. The van der Waals surface area contributed by atoms with Crippen molar-refractivity contribution in [2.75, 3.05) is 25.5 Å². The second-order valence-corrected chi connectivity index (χ2v) is 12.7. The van der Waals surface area contributed by atoms with Gasteiger partial charge in [-0.2, -0.15) is 0 Å². The Labute approximate surface area is 217 Å². The largest absolute Gasteiger partial charge is 0.497 e. The average Bonchev–Trinajstić information content (AvgIpc) is 2.84. The molecule has 0 aliphatic heterocycles. The first-order valence-electron chi connectivity index (χ1n) is 13.3. The number of carbonyl (C=O) groups is 1. The van der Waals surface area contributed by atoms with Crippen LogP contribution in [0.5, 0.6) is 5.75 Å². The van der Waals surface area contributed by atoms with Crippen molar-refractivity contribution in [3.05, 3.63) is 54.1 Å². The predicted octanol–water partition coefficient (Wildman–Crippen LogP) is 8.41. The molecule has 1 N–H and O–H groups in total. The molecular weight excluding hydrogens is 452 g/mol. The third-order valence-corrected chi connectivity index (χ3v) is 7.76. The summed E-state index contributed by atoms with van der Waals surface area (Å²) in [5, 5.41) is 3.08. The van der Waals surface area contributed by atoms with E-state index in [1.807, 2.05) is 40.9 Å². The molecule has 1 aliphatic rings. The fourth-order valence-corrected chi connectivity index (χ4v) is 5.75. The van der Waals surface area contributed by atoms with E-state index in [0.717, 1.165) is 36.7 Å². The van der Waals surface area contributed by atoms with Crippen molar-refractivity contribution in [3.8, 4) is 5.75 Å². The van der Waals surface area contributed by atoms with Gasteiger partial charge in [-0.15, -0.1) is 11.8 Å². The lowest BCUT2D eigenvalue weighted by atomic mass is 9.86. The van der Waals surface area contributed by atoms with E-state index in [1.165, 1.54) is 55.4 Å². The maximum Gasteiger partial charge on any atom is 0.321 e. The number of methoxy groups -OCH3 is 1. The van der Waals surface area contributed by atoms with Gasteiger partial charge in [0, 0.05) is 34.5 Å². The number of rotatable bonds is 11. The van der Waals surface area contributed by atoms with Crippen LogP contribution in [0.4, 0.5) is 10.5 Å². The van der Waals surface area contributed by atoms with E-state index in [-0.39, 0.29) is 10.8 Å². The van der Waals surface area contributed by atoms with Gasteiger partial charge in [0.05, 0.1) is 7.11 Å². The summed E-state index contributed by atoms with van der Waals surface area (Å²) in [6.45, 7) is 8.21. The first-order valence-corrected chi connectivity index (χ1v) is 14.1. The molecule has 0 aromatic heterocycles. The van der Waals surface area contributed by atoms with Gasteiger partial charge in [-0.25, -0.2) is 4.79 Å². The number of thioether (sulfide) groups is 1. The highest BCUT2D eigenvalue weighted by molar-refractivity contribution is 8.00. The Morgan fingerprint density at radius 3 is 2.46 bits per heavy atom. The highest BCUT2D eigenvalue weighted by atomic mass is 32.2. The fourth-order valence-electron chi connectivity index (χ4n) is 4.77. The maximum absolute atomic E-state index is 13.2. The molecule has 0 radical (unpaired) electrons. The summed E-state index contributed by atoms with van der Waals surface area (Å²) in [6.07, 6.45) is 11.4. The van der Waals surface area contributed by atoms with E-state index in [2.05, 4.69) is 50.4 Å². The minimum absolute atomic E-state index is 0.0316. The minimum atomic E-state index is -0.0316. The molecule has 1 fully saturated rings. The number of urea groups is 1. The maximum atomic E-state index is 13.2. The fraction of sp³-hybridized carbons (Fsp3) is 0.567. The number of hydrogen-bond donors (Lipinski definition) is 1. The second kappa shape index (κ2) is 13.8. The standard InChI is InChI=1S/C30H44N2O2S/c1-30(2,3)35-28-18-16-25(17-19-28)20-22-32(21-9-8-13-24-11-6-5-7-12-24)29(33)31-26-14-10-15-27(23-26)34-4/h10,14-19,23-24H,5-9,11-13,20-22H2,1-4H3,(H,31,33). The molecule has 5 heteroatoms. The topological polar surface area (TPSA) is 41.6 Å². The Hall–Kier alpha value is -2.14. The Morgan fingerprint density at radius 1 is 1.03 bits per heavy atom. The van der Waals surface area contributed by atoms with E-state index < -0.39 is 0 Å². The van der Waals surface area contributed by atoms with Crippen molar-refractivity contribution in [1.82, 2.24) is 4.90 Å². The molecule has 1 aliphatic carbocycles. The van der Waals surface area contributed by atoms with Gasteiger partial charge in [0.15, 0.2) is 0 Å². The molecule has 2 aromatic rings. The Morgan fingerprint density at radius 2 is 1.77 bits per heavy atom. The summed E-state index contributed by atoms with van der Waals surface area (Å²) in [4.78, 5) is 16.5. The quantitative estimate of drug-likeness (QED) is 0.251. The minimum Gasteiger partial charge on any atom is -0.497 e. The van der Waals surface area contributed by atoms with Crippen LogP contribution in [0, 0.1) is 5.92 Å². The first kappa shape index (κ1) is 27.4. The van der Waals surface area contributed by atoms with Crippen LogP contribution in [-0.2, 0) is 6.42 Å². The molecule has 192 valence electrons. The van der Waals surface area contributed by atoms with Crippen molar-refractivity contribution >= 4 is 23.5 Å². The number of ether oxygens (including phenoxy) is 1. The zero-order chi connectivity index (χ0) is 25.1. The molecular formula is C30H44N2O2S. The van der Waals surface area contributed by atoms with Crippen molar-refractivity contribution in [2.24, 2.45) is 5.92 Å². The van der Waals surface area contributed by atoms with E-state index in [1.54, 1.807) is 7.11 Å². The summed E-state index contributed by atoms with van der Waals surface area (Å²) in [5.41, 5.74) is 2.04. The van der Waals surface area contributed by atoms with Crippen LogP contribution in [0.2, 0.25) is 0 Å². The molecule has 3 rings (SSSR count). The van der Waals surface area contributed by atoms with Gasteiger partial charge in [-0.05, 0) is 48.6 Å². The van der Waals surface area contributed by atoms with Gasteiger partial charge in [0.25, 0.3) is 0 Å². The zero-order valence-corrected chi connectivity index (χ0v) is 23.0. The van der Waals surface area contributed by atoms with Crippen LogP contribution in [0.15, 0.2) is 53.4 Å². The van der Waals surface area contributed by atoms with Crippen LogP contribution in [0.1, 0.15) is 77.7 Å². The summed E-state index contributed by atoms with van der Waals surface area (Å²) >= 11 is 1.88. The summed E-state index contributed by atoms with van der Waals surface area (Å²) in [6, 6.07) is 16.4. The molecule has 0 heterocycles. The summed E-state index contributed by atoms with van der Waals surface area (Å²) < 4.78 is 5.51. The average molecular weight is 497 g/mol. The Kier molecular flexibility index (Phi) is 10.8. The lowest BCUT2D eigenvalue weighted by Crippen LogP contribution is -2.37. The Bertz CT molecular complexity index is 901. The van der Waals surface area contributed by atoms with E-state index in [9.17, 15) is 4.79 Å². The van der Waals surface area contributed by atoms with Gasteiger partial charge in [-0.3, -0.25) is 0 Å². The number of carbonyl (C=O) groups excluding carboxylic acids is 1. The second-order valence-electron chi connectivity index (χ2n) is 10.8. The first-order chi connectivity index (χ1) is 16.8. The van der Waals surface area contributed by atoms with E-state index in [0.29, 0.717) is 6.54 Å². The monoisotopic (exact) mass is 496 g/mol. The normalized spacial score (nSPS) is 14.5. The van der Waals surface area contributed by atoms with Gasteiger partial charge >= 0.3 is 6.03 Å². The molecule has 2 aromatic carbocycles. The molecule has 0 atom stereocenters. The lowest BCUT2D eigenvalue weighted by molar-refractivity contribution is 0.210. The number of nitrogens with one attached hydrogen (secondary N) is 1. The summed E-state index contributed by atoms with van der Waals surface area (Å²) in [7, 11) is 1.64. The number of anilines is 1. The third kappa shape index (κ3) is 10.2. The molecule has 35 heavy (non-hydrogen) atoms. The molecule has 2 amide bonds. The van der Waals surface area contributed by atoms with Crippen LogP contribution >= 0.6 is 11.8 Å². The third-order valence-electron chi connectivity index (χ3n) is 6.64. The molecule has 0 bridgehead atoms. The van der Waals surface area contributed by atoms with Crippen LogP contribution in [0.25, 0.3) is 0 Å². The van der Waals surface area contributed by atoms with Crippen molar-refractivity contribution in [3.63, 3.8) is 0 Å². The molecule has 0 unspecified atom stereocenters. The Balaban J connectivity index is 1.56. The van der Waals surface area contributed by atoms with E-state index >= 15 is 0 Å². The highest BCUT2D eigenvalue weighted by Gasteiger charge is 2.17. The molecule has 0 saturated heterocycles. The predicted molar refractivity (Wildman–Crippen MR) is 150 cm³/mol. The summed E-state index contributed by atoms with van der Waals surface area (Å²) in [5.74, 6) is 1.64. The number of amides is 2. The zero-order valence-electron chi connectivity index (χ0n) is 22.1. The van der Waals surface area contributed by atoms with Gasteiger partial charge in [0.1, 0.15) is 5.75 Å². The van der Waals surface area contributed by atoms with Crippen molar-refractivity contribution in [2.45, 2.75) is 88.2 Å². The molecule has 0 spiro atoms. The molecule has 1 saturated carbocycles. The number of hydrogen-bond acceptors (Lipinski definition) is 3. The molecule has 4 nitrogen and oxygen atoms in total. The highest BCUT2D eigenvalue weighted by Crippen LogP contribution is 2.32. The number of benzene rings is 2.